The van der Waals surface area contributed by atoms with Crippen molar-refractivity contribution in [3.05, 3.63) is 89.5 Å². The highest BCUT2D eigenvalue weighted by atomic mass is 32.2. The molecule has 5 aromatic rings. The average molecular weight is 694 g/mol. The number of Topliss-reactive ketones (excluding diaryl/α,β-unsaturated/α-hetero) is 1. The standard InChI is InChI=1S/C34H31F4N7O3S/c1-21(46)33-32(27-17-25(35)7-10-29(27)41-33)30-20-45(43-42-30)19-22-11-14-44(15-12-22)16-13-40-49(47,48)26-8-5-23(6-9-26)31-24(18-39)3-2-4-28(31)34(36,37)38/h2-10,17,20,22,40-41H,11-16,19H2,1H3. The topological polar surface area (TPSA) is 137 Å². The lowest BCUT2D eigenvalue weighted by Gasteiger charge is -2.31. The third kappa shape index (κ3) is 7.26. The fraction of sp³-hybridized carbons (Fsp3) is 0.294. The van der Waals surface area contributed by atoms with Gasteiger partial charge in [0.2, 0.25) is 10.0 Å². The molecule has 10 nitrogen and oxygen atoms in total. The van der Waals surface area contributed by atoms with E-state index in [0.717, 1.165) is 38.1 Å². The molecule has 1 fully saturated rings. The van der Waals surface area contributed by atoms with Gasteiger partial charge < -0.3 is 9.88 Å². The highest BCUT2D eigenvalue weighted by molar-refractivity contribution is 7.89. The van der Waals surface area contributed by atoms with E-state index in [2.05, 4.69) is 24.9 Å². The number of hydrogen-bond acceptors (Lipinski definition) is 7. The van der Waals surface area contributed by atoms with Crippen LogP contribution in [0.4, 0.5) is 17.6 Å². The van der Waals surface area contributed by atoms with Crippen LogP contribution in [0.25, 0.3) is 33.3 Å². The molecule has 1 aliphatic rings. The predicted molar refractivity (Wildman–Crippen MR) is 173 cm³/mol. The average Bonchev–Trinajstić information content (AvgIpc) is 3.69. The van der Waals surface area contributed by atoms with Crippen LogP contribution in [0, 0.1) is 23.1 Å². The van der Waals surface area contributed by atoms with Crippen LogP contribution in [0.5, 0.6) is 0 Å². The number of likely N-dealkylation sites (tertiary alicyclic amines) is 1. The van der Waals surface area contributed by atoms with Crippen molar-refractivity contribution in [3.63, 3.8) is 0 Å². The molecule has 49 heavy (non-hydrogen) atoms. The number of ketones is 1. The maximum atomic E-state index is 14.0. The number of nitriles is 1. The highest BCUT2D eigenvalue weighted by Crippen LogP contribution is 2.39. The number of nitrogens with one attached hydrogen (secondary N) is 2. The number of benzene rings is 3. The number of piperidine rings is 1. The van der Waals surface area contributed by atoms with E-state index in [1.807, 2.05) is 0 Å². The second-order valence-electron chi connectivity index (χ2n) is 12.0. The second kappa shape index (κ2) is 13.5. The van der Waals surface area contributed by atoms with Gasteiger partial charge in [-0.2, -0.15) is 18.4 Å². The van der Waals surface area contributed by atoms with Crippen molar-refractivity contribution >= 4 is 26.7 Å². The summed E-state index contributed by atoms with van der Waals surface area (Å²) in [4.78, 5) is 17.4. The summed E-state index contributed by atoms with van der Waals surface area (Å²) in [5, 5.41) is 18.5. The van der Waals surface area contributed by atoms with E-state index in [9.17, 15) is 36.0 Å². The molecule has 0 spiro atoms. The molecule has 0 atom stereocenters. The lowest BCUT2D eigenvalue weighted by atomic mass is 9.94. The normalized spacial score (nSPS) is 14.7. The van der Waals surface area contributed by atoms with Gasteiger partial charge in [-0.3, -0.25) is 9.48 Å². The van der Waals surface area contributed by atoms with E-state index in [4.69, 9.17) is 0 Å². The molecule has 2 aromatic heterocycles. The summed E-state index contributed by atoms with van der Waals surface area (Å²) in [5.41, 5.74) is 0.615. The molecule has 1 saturated heterocycles. The molecular weight excluding hydrogens is 662 g/mol. The third-order valence-corrected chi connectivity index (χ3v) is 10.2. The van der Waals surface area contributed by atoms with Crippen molar-refractivity contribution in [1.82, 2.24) is 29.6 Å². The van der Waals surface area contributed by atoms with Crippen LogP contribution in [-0.2, 0) is 22.7 Å². The Bertz CT molecular complexity index is 2160. The number of hydrogen-bond donors (Lipinski definition) is 2. The minimum atomic E-state index is -4.69. The molecule has 15 heteroatoms. The molecule has 0 unspecified atom stereocenters. The van der Waals surface area contributed by atoms with Gasteiger partial charge in [0.25, 0.3) is 0 Å². The van der Waals surface area contributed by atoms with Gasteiger partial charge in [0.15, 0.2) is 5.78 Å². The van der Waals surface area contributed by atoms with Crippen LogP contribution in [-0.4, -0.2) is 65.3 Å². The zero-order valence-corrected chi connectivity index (χ0v) is 27.1. The number of fused-ring (bicyclic) bond motifs is 1. The number of rotatable bonds is 10. The van der Waals surface area contributed by atoms with Gasteiger partial charge in [0.1, 0.15) is 11.5 Å². The smallest absolute Gasteiger partial charge is 0.352 e. The van der Waals surface area contributed by atoms with Crippen molar-refractivity contribution in [2.45, 2.75) is 37.4 Å². The number of aromatic amines is 1. The van der Waals surface area contributed by atoms with E-state index < -0.39 is 27.6 Å². The van der Waals surface area contributed by atoms with Crippen LogP contribution in [0.3, 0.4) is 0 Å². The molecule has 0 aliphatic carbocycles. The molecular formula is C34H31F4N7O3S. The minimum Gasteiger partial charge on any atom is -0.352 e. The fourth-order valence-electron chi connectivity index (χ4n) is 6.27. The largest absolute Gasteiger partial charge is 0.417 e. The molecule has 254 valence electrons. The summed E-state index contributed by atoms with van der Waals surface area (Å²) in [7, 11) is -3.93. The highest BCUT2D eigenvalue weighted by Gasteiger charge is 2.35. The molecule has 0 radical (unpaired) electrons. The van der Waals surface area contributed by atoms with E-state index >= 15 is 0 Å². The van der Waals surface area contributed by atoms with Gasteiger partial charge in [-0.15, -0.1) is 5.10 Å². The van der Waals surface area contributed by atoms with Gasteiger partial charge in [-0.25, -0.2) is 17.5 Å². The van der Waals surface area contributed by atoms with Crippen molar-refractivity contribution in [3.8, 4) is 28.5 Å². The summed E-state index contributed by atoms with van der Waals surface area (Å²) in [6, 6.07) is 14.4. The number of halogens is 4. The lowest BCUT2D eigenvalue weighted by Crippen LogP contribution is -2.40. The van der Waals surface area contributed by atoms with Crippen LogP contribution in [0.1, 0.15) is 41.4 Å². The second-order valence-corrected chi connectivity index (χ2v) is 13.8. The zero-order valence-electron chi connectivity index (χ0n) is 26.3. The Labute approximate surface area is 279 Å². The molecule has 3 heterocycles. The molecule has 1 aliphatic heterocycles. The maximum absolute atomic E-state index is 14.0. The minimum absolute atomic E-state index is 0.0857. The zero-order chi connectivity index (χ0) is 34.9. The summed E-state index contributed by atoms with van der Waals surface area (Å²) in [5.74, 6) is -0.332. The summed E-state index contributed by atoms with van der Waals surface area (Å²) >= 11 is 0. The van der Waals surface area contributed by atoms with E-state index in [0.29, 0.717) is 40.9 Å². The number of aromatic nitrogens is 4. The number of carbonyl (C=O) groups is 1. The summed E-state index contributed by atoms with van der Waals surface area (Å²) < 4.78 is 85.1. The predicted octanol–water partition coefficient (Wildman–Crippen LogP) is 6.02. The first-order valence-corrected chi connectivity index (χ1v) is 17.0. The third-order valence-electron chi connectivity index (χ3n) is 8.72. The first-order chi connectivity index (χ1) is 23.3. The van der Waals surface area contributed by atoms with E-state index in [-0.39, 0.29) is 39.8 Å². The van der Waals surface area contributed by atoms with Crippen molar-refractivity contribution in [1.29, 1.82) is 5.26 Å². The maximum Gasteiger partial charge on any atom is 0.417 e. The number of carbonyl (C=O) groups excluding carboxylic acids is 1. The van der Waals surface area contributed by atoms with Crippen molar-refractivity contribution in [2.24, 2.45) is 5.92 Å². The van der Waals surface area contributed by atoms with Crippen molar-refractivity contribution < 1.29 is 30.8 Å². The number of nitrogens with zero attached hydrogens (tertiary/aromatic N) is 5. The van der Waals surface area contributed by atoms with Gasteiger partial charge in [-0.05, 0) is 79.9 Å². The number of sulfonamides is 1. The van der Waals surface area contributed by atoms with Gasteiger partial charge >= 0.3 is 6.18 Å². The molecule has 0 bridgehead atoms. The Kier molecular flexibility index (Phi) is 9.39. The number of alkyl halides is 3. The molecule has 0 amide bonds. The van der Waals surface area contributed by atoms with Gasteiger partial charge in [-0.1, -0.05) is 23.4 Å². The summed E-state index contributed by atoms with van der Waals surface area (Å²) in [6.45, 7) is 4.10. The van der Waals surface area contributed by atoms with Crippen LogP contribution in [0.15, 0.2) is 71.8 Å². The summed E-state index contributed by atoms with van der Waals surface area (Å²) in [6.07, 6.45) is -1.26. The Morgan fingerprint density at radius 1 is 1.08 bits per heavy atom. The van der Waals surface area contributed by atoms with Crippen LogP contribution in [0.2, 0.25) is 0 Å². The molecule has 6 rings (SSSR count). The molecule has 0 saturated carbocycles. The SMILES string of the molecule is CC(=O)c1[nH]c2ccc(F)cc2c1-c1cn(CC2CCN(CCNS(=O)(=O)c3ccc(-c4c(C#N)cccc4C(F)(F)F)cc3)CC2)nn1. The van der Waals surface area contributed by atoms with Crippen LogP contribution >= 0.6 is 0 Å². The monoisotopic (exact) mass is 693 g/mol. The Morgan fingerprint density at radius 2 is 1.82 bits per heavy atom. The number of H-pyrrole nitrogens is 1. The van der Waals surface area contributed by atoms with Gasteiger partial charge in [0, 0.05) is 48.6 Å². The molecule has 2 N–H and O–H groups in total. The van der Waals surface area contributed by atoms with Gasteiger partial charge in [0.05, 0.1) is 34.0 Å². The first-order valence-electron chi connectivity index (χ1n) is 15.5. The lowest BCUT2D eigenvalue weighted by molar-refractivity contribution is -0.137. The fourth-order valence-corrected chi connectivity index (χ4v) is 7.29. The van der Waals surface area contributed by atoms with E-state index in [1.54, 1.807) is 23.0 Å². The Morgan fingerprint density at radius 3 is 2.49 bits per heavy atom. The van der Waals surface area contributed by atoms with Crippen molar-refractivity contribution in [2.75, 3.05) is 26.2 Å². The Hall–Kier alpha value is -4.91. The van der Waals surface area contributed by atoms with E-state index in [1.165, 1.54) is 49.4 Å². The quantitative estimate of drug-likeness (QED) is 0.135. The first kappa shape index (κ1) is 34.0. The Balaban J connectivity index is 1.02. The van der Waals surface area contributed by atoms with Crippen LogP contribution < -0.4 is 4.72 Å². The molecule has 3 aromatic carbocycles.